The molecule has 1 N–H and O–H groups in total. The van der Waals surface area contributed by atoms with Crippen molar-refractivity contribution in [1.82, 2.24) is 0 Å². The molecule has 0 aromatic heterocycles. The summed E-state index contributed by atoms with van der Waals surface area (Å²) in [5.74, 6) is 0.663. The summed E-state index contributed by atoms with van der Waals surface area (Å²) in [6.45, 7) is 3.98. The first kappa shape index (κ1) is 12.5. The van der Waals surface area contributed by atoms with Crippen LogP contribution in [0.2, 0.25) is 5.02 Å². The summed E-state index contributed by atoms with van der Waals surface area (Å²) in [6, 6.07) is 5.75. The highest BCUT2D eigenvalue weighted by molar-refractivity contribution is 6.32. The fourth-order valence-electron chi connectivity index (χ4n) is 1.13. The Morgan fingerprint density at radius 1 is 1.33 bits per heavy atom. The third kappa shape index (κ3) is 3.47. The van der Waals surface area contributed by atoms with E-state index in [0.29, 0.717) is 10.8 Å². The van der Waals surface area contributed by atoms with Gasteiger partial charge in [-0.15, -0.1) is 11.6 Å². The van der Waals surface area contributed by atoms with Crippen molar-refractivity contribution in [2.75, 3.05) is 12.4 Å². The fourth-order valence-corrected chi connectivity index (χ4v) is 1.38. The summed E-state index contributed by atoms with van der Waals surface area (Å²) < 4.78 is 5.12. The summed E-state index contributed by atoms with van der Waals surface area (Å²) in [5.41, 5.74) is 0.955. The normalized spacial score (nSPS) is 14.5. The first-order valence-corrected chi connectivity index (χ1v) is 5.60. The monoisotopic (exact) mass is 247 g/mol. The van der Waals surface area contributed by atoms with Crippen LogP contribution in [0.15, 0.2) is 18.2 Å². The molecule has 0 bridgehead atoms. The molecule has 1 rings (SSSR count). The van der Waals surface area contributed by atoms with Gasteiger partial charge in [-0.05, 0) is 26.0 Å². The third-order valence-corrected chi connectivity index (χ3v) is 2.92. The molecule has 0 saturated carbocycles. The van der Waals surface area contributed by atoms with Crippen molar-refractivity contribution in [2.45, 2.75) is 25.3 Å². The number of hydrogen-bond acceptors (Lipinski definition) is 2. The Morgan fingerprint density at radius 3 is 2.53 bits per heavy atom. The second-order valence-electron chi connectivity index (χ2n) is 3.46. The molecule has 0 aliphatic rings. The first-order valence-electron chi connectivity index (χ1n) is 4.78. The fraction of sp³-hybridized carbons (Fsp3) is 0.455. The molecule has 0 fully saturated rings. The van der Waals surface area contributed by atoms with E-state index in [1.807, 2.05) is 26.0 Å². The van der Waals surface area contributed by atoms with Crippen LogP contribution in [-0.2, 0) is 0 Å². The minimum atomic E-state index is 0.0617. The molecule has 84 valence electrons. The van der Waals surface area contributed by atoms with Crippen molar-refractivity contribution in [3.63, 3.8) is 0 Å². The van der Waals surface area contributed by atoms with Crippen LogP contribution in [0.5, 0.6) is 5.75 Å². The van der Waals surface area contributed by atoms with E-state index < -0.39 is 0 Å². The minimum Gasteiger partial charge on any atom is -0.495 e. The minimum absolute atomic E-state index is 0.0617. The van der Waals surface area contributed by atoms with E-state index in [9.17, 15) is 0 Å². The summed E-state index contributed by atoms with van der Waals surface area (Å²) in [6.07, 6.45) is 0. The zero-order chi connectivity index (χ0) is 11.4. The molecule has 15 heavy (non-hydrogen) atoms. The van der Waals surface area contributed by atoms with Gasteiger partial charge in [0.1, 0.15) is 5.75 Å². The van der Waals surface area contributed by atoms with E-state index in [1.165, 1.54) is 0 Å². The van der Waals surface area contributed by atoms with Crippen molar-refractivity contribution in [3.05, 3.63) is 23.2 Å². The van der Waals surface area contributed by atoms with Gasteiger partial charge in [0, 0.05) is 17.8 Å². The zero-order valence-electron chi connectivity index (χ0n) is 9.05. The lowest BCUT2D eigenvalue weighted by Crippen LogP contribution is -2.23. The van der Waals surface area contributed by atoms with E-state index in [4.69, 9.17) is 27.9 Å². The molecule has 1 unspecified atom stereocenters. The van der Waals surface area contributed by atoms with E-state index in [-0.39, 0.29) is 11.4 Å². The molecule has 1 aromatic rings. The highest BCUT2D eigenvalue weighted by Gasteiger charge is 2.09. The molecule has 0 radical (unpaired) electrons. The van der Waals surface area contributed by atoms with Gasteiger partial charge in [-0.1, -0.05) is 11.6 Å². The Kier molecular flexibility index (Phi) is 4.55. The Morgan fingerprint density at radius 2 is 2.00 bits per heavy atom. The summed E-state index contributed by atoms with van der Waals surface area (Å²) in [5, 5.41) is 3.94. The number of benzene rings is 1. The molecular weight excluding hydrogens is 233 g/mol. The largest absolute Gasteiger partial charge is 0.495 e. The summed E-state index contributed by atoms with van der Waals surface area (Å²) >= 11 is 11.9. The van der Waals surface area contributed by atoms with Gasteiger partial charge in [-0.2, -0.15) is 0 Å². The van der Waals surface area contributed by atoms with Gasteiger partial charge in [0.2, 0.25) is 0 Å². The first-order chi connectivity index (χ1) is 7.04. The number of halogens is 2. The van der Waals surface area contributed by atoms with Crippen LogP contribution in [-0.4, -0.2) is 18.5 Å². The van der Waals surface area contributed by atoms with Crippen LogP contribution in [0.1, 0.15) is 13.8 Å². The average molecular weight is 248 g/mol. The Bertz CT molecular complexity index is 328. The van der Waals surface area contributed by atoms with Crippen LogP contribution in [0, 0.1) is 0 Å². The highest BCUT2D eigenvalue weighted by Crippen LogP contribution is 2.27. The molecule has 1 aromatic carbocycles. The number of hydrogen-bond donors (Lipinski definition) is 1. The average Bonchev–Trinajstić information content (AvgIpc) is 2.20. The van der Waals surface area contributed by atoms with Crippen molar-refractivity contribution in [2.24, 2.45) is 0 Å². The second kappa shape index (κ2) is 5.47. The Hall–Kier alpha value is -0.600. The SMILES string of the molecule is COc1cc(N[C@@H](C)C(C)Cl)ccc1Cl. The lowest BCUT2D eigenvalue weighted by atomic mass is 10.2. The smallest absolute Gasteiger partial charge is 0.139 e. The van der Waals surface area contributed by atoms with Gasteiger partial charge in [-0.25, -0.2) is 0 Å². The van der Waals surface area contributed by atoms with Gasteiger partial charge in [-0.3, -0.25) is 0 Å². The number of ether oxygens (including phenoxy) is 1. The predicted octanol–water partition coefficient (Wildman–Crippen LogP) is 3.78. The molecule has 2 atom stereocenters. The van der Waals surface area contributed by atoms with Gasteiger partial charge in [0.05, 0.1) is 17.5 Å². The van der Waals surface area contributed by atoms with E-state index in [1.54, 1.807) is 13.2 Å². The standard InChI is InChI=1S/C11H15Cl2NO/c1-7(12)8(2)14-9-4-5-10(13)11(6-9)15-3/h4-8,14H,1-3H3/t7?,8-/m0/s1. The molecule has 0 spiro atoms. The number of anilines is 1. The van der Waals surface area contributed by atoms with E-state index >= 15 is 0 Å². The van der Waals surface area contributed by atoms with Gasteiger partial charge in [0.15, 0.2) is 0 Å². The third-order valence-electron chi connectivity index (χ3n) is 2.23. The number of alkyl halides is 1. The van der Waals surface area contributed by atoms with Crippen LogP contribution in [0.4, 0.5) is 5.69 Å². The number of nitrogens with one attached hydrogen (secondary N) is 1. The maximum absolute atomic E-state index is 5.96. The molecule has 2 nitrogen and oxygen atoms in total. The second-order valence-corrected chi connectivity index (χ2v) is 4.56. The summed E-state index contributed by atoms with van der Waals surface area (Å²) in [4.78, 5) is 0. The molecule has 0 heterocycles. The quantitative estimate of drug-likeness (QED) is 0.819. The number of rotatable bonds is 4. The molecule has 0 aliphatic carbocycles. The Labute approximate surface area is 101 Å². The molecular formula is C11H15Cl2NO. The summed E-state index contributed by atoms with van der Waals surface area (Å²) in [7, 11) is 1.60. The van der Waals surface area contributed by atoms with Crippen LogP contribution in [0.25, 0.3) is 0 Å². The molecule has 0 saturated heterocycles. The lowest BCUT2D eigenvalue weighted by Gasteiger charge is -2.18. The zero-order valence-corrected chi connectivity index (χ0v) is 10.6. The molecule has 4 heteroatoms. The molecule has 0 aliphatic heterocycles. The van der Waals surface area contributed by atoms with E-state index in [2.05, 4.69) is 5.32 Å². The Balaban J connectivity index is 2.78. The van der Waals surface area contributed by atoms with Crippen LogP contribution >= 0.6 is 23.2 Å². The maximum atomic E-state index is 5.96. The van der Waals surface area contributed by atoms with Crippen molar-refractivity contribution in [3.8, 4) is 5.75 Å². The maximum Gasteiger partial charge on any atom is 0.139 e. The van der Waals surface area contributed by atoms with Crippen molar-refractivity contribution < 1.29 is 4.74 Å². The van der Waals surface area contributed by atoms with E-state index in [0.717, 1.165) is 5.69 Å². The topological polar surface area (TPSA) is 21.3 Å². The lowest BCUT2D eigenvalue weighted by molar-refractivity contribution is 0.415. The van der Waals surface area contributed by atoms with Crippen molar-refractivity contribution in [1.29, 1.82) is 0 Å². The van der Waals surface area contributed by atoms with Crippen molar-refractivity contribution >= 4 is 28.9 Å². The number of methoxy groups -OCH3 is 1. The molecule has 0 amide bonds. The van der Waals surface area contributed by atoms with Crippen LogP contribution in [0.3, 0.4) is 0 Å². The van der Waals surface area contributed by atoms with Gasteiger partial charge in [0.25, 0.3) is 0 Å². The predicted molar refractivity (Wildman–Crippen MR) is 66.4 cm³/mol. The van der Waals surface area contributed by atoms with Gasteiger partial charge >= 0.3 is 0 Å². The van der Waals surface area contributed by atoms with Gasteiger partial charge < -0.3 is 10.1 Å². The highest BCUT2D eigenvalue weighted by atomic mass is 35.5. The van der Waals surface area contributed by atoms with Crippen LogP contribution < -0.4 is 10.1 Å².